The third-order valence-electron chi connectivity index (χ3n) is 4.79. The maximum atomic E-state index is 9.02. The molecule has 1 fully saturated rings. The van der Waals surface area contributed by atoms with Crippen LogP contribution in [0.25, 0.3) is 0 Å². The highest BCUT2D eigenvalue weighted by atomic mass is 16.5. The van der Waals surface area contributed by atoms with Gasteiger partial charge in [0.1, 0.15) is 0 Å². The Labute approximate surface area is 149 Å². The minimum Gasteiger partial charge on any atom is -0.373 e. The van der Waals surface area contributed by atoms with Crippen LogP contribution in [0.3, 0.4) is 0 Å². The molecule has 0 aliphatic carbocycles. The molecular weight excluding hydrogens is 312 g/mol. The minimum absolute atomic E-state index is 0.260. The van der Waals surface area contributed by atoms with Gasteiger partial charge in [-0.3, -0.25) is 9.58 Å². The van der Waals surface area contributed by atoms with Gasteiger partial charge in [0.05, 0.1) is 30.0 Å². The summed E-state index contributed by atoms with van der Waals surface area (Å²) in [5, 5.41) is 13.3. The summed E-state index contributed by atoms with van der Waals surface area (Å²) >= 11 is 0. The molecule has 3 rings (SSSR count). The van der Waals surface area contributed by atoms with Crippen molar-refractivity contribution in [2.45, 2.75) is 44.9 Å². The van der Waals surface area contributed by atoms with E-state index >= 15 is 0 Å². The molecule has 1 aromatic carbocycles. The molecule has 1 aliphatic heterocycles. The molecule has 2 heterocycles. The van der Waals surface area contributed by atoms with Gasteiger partial charge in [-0.25, -0.2) is 0 Å². The van der Waals surface area contributed by atoms with Gasteiger partial charge in [0, 0.05) is 31.9 Å². The third kappa shape index (κ3) is 4.91. The van der Waals surface area contributed by atoms with Crippen molar-refractivity contribution in [3.63, 3.8) is 0 Å². The molecule has 0 bridgehead atoms. The van der Waals surface area contributed by atoms with E-state index in [0.29, 0.717) is 6.10 Å². The number of benzene rings is 1. The van der Waals surface area contributed by atoms with Crippen LogP contribution in [0.1, 0.15) is 36.5 Å². The summed E-state index contributed by atoms with van der Waals surface area (Å²) in [6, 6.07) is 10.1. The van der Waals surface area contributed by atoms with Gasteiger partial charge in [0.15, 0.2) is 0 Å². The number of hydrogen-bond donors (Lipinski definition) is 0. The van der Waals surface area contributed by atoms with Crippen LogP contribution < -0.4 is 0 Å². The molecule has 5 heteroatoms. The van der Waals surface area contributed by atoms with Crippen molar-refractivity contribution in [1.29, 1.82) is 5.26 Å². The summed E-state index contributed by atoms with van der Waals surface area (Å²) < 4.78 is 8.12. The number of likely N-dealkylation sites (N-methyl/N-ethyl adjacent to an activating group) is 1. The van der Waals surface area contributed by atoms with Crippen LogP contribution in [0, 0.1) is 11.3 Å². The van der Waals surface area contributed by atoms with E-state index in [1.165, 1.54) is 11.1 Å². The lowest BCUT2D eigenvalue weighted by atomic mass is 10.0. The highest BCUT2D eigenvalue weighted by molar-refractivity contribution is 5.33. The van der Waals surface area contributed by atoms with Crippen LogP contribution in [-0.4, -0.2) is 40.0 Å². The number of nitrogens with zero attached hydrogens (tertiary/aromatic N) is 4. The summed E-state index contributed by atoms with van der Waals surface area (Å²) in [7, 11) is 1.95. The Balaban J connectivity index is 1.50. The number of aryl methyl sites for hydroxylation is 1. The Kier molecular flexibility index (Phi) is 5.85. The van der Waals surface area contributed by atoms with Crippen LogP contribution >= 0.6 is 0 Å². The zero-order chi connectivity index (χ0) is 17.6. The fourth-order valence-corrected chi connectivity index (χ4v) is 3.50. The standard InChI is InChI=1S/C20H26N4O/c1-3-24(14-18-12-22-23(2)13-18)15-20-8-7-19(25-20)10-16-5-4-6-17(9-16)11-21/h4-6,9,12-13,19-20H,3,7-8,10,14-15H2,1-2H3/t19-,20+/m1/s1. The average Bonchev–Trinajstić information content (AvgIpc) is 3.23. The Morgan fingerprint density at radius 3 is 2.88 bits per heavy atom. The SMILES string of the molecule is CCN(Cc1cnn(C)c1)C[C@@H]1CC[C@H](Cc2cccc(C#N)c2)O1. The first-order chi connectivity index (χ1) is 12.2. The number of ether oxygens (including phenoxy) is 1. The maximum Gasteiger partial charge on any atom is 0.0991 e. The molecule has 5 nitrogen and oxygen atoms in total. The zero-order valence-corrected chi connectivity index (χ0v) is 15.1. The first kappa shape index (κ1) is 17.7. The average molecular weight is 338 g/mol. The van der Waals surface area contributed by atoms with Crippen LogP contribution in [-0.2, 0) is 24.8 Å². The summed E-state index contributed by atoms with van der Waals surface area (Å²) in [6.45, 7) is 5.07. The number of rotatable bonds is 7. The molecule has 0 N–H and O–H groups in total. The van der Waals surface area contributed by atoms with Gasteiger partial charge >= 0.3 is 0 Å². The highest BCUT2D eigenvalue weighted by Crippen LogP contribution is 2.24. The monoisotopic (exact) mass is 338 g/mol. The van der Waals surface area contributed by atoms with E-state index in [1.54, 1.807) is 0 Å². The van der Waals surface area contributed by atoms with Crippen molar-refractivity contribution in [1.82, 2.24) is 14.7 Å². The molecule has 2 atom stereocenters. The van der Waals surface area contributed by atoms with Crippen molar-refractivity contribution in [2.75, 3.05) is 13.1 Å². The second-order valence-electron chi connectivity index (χ2n) is 6.82. The highest BCUT2D eigenvalue weighted by Gasteiger charge is 2.26. The van der Waals surface area contributed by atoms with E-state index in [9.17, 15) is 0 Å². The Bertz CT molecular complexity index is 733. The smallest absolute Gasteiger partial charge is 0.0991 e. The predicted molar refractivity (Wildman–Crippen MR) is 96.9 cm³/mol. The van der Waals surface area contributed by atoms with E-state index in [2.05, 4.69) is 35.3 Å². The Morgan fingerprint density at radius 1 is 1.32 bits per heavy atom. The topological polar surface area (TPSA) is 54.1 Å². The lowest BCUT2D eigenvalue weighted by Gasteiger charge is -2.23. The summed E-state index contributed by atoms with van der Waals surface area (Å²) in [6.07, 6.45) is 7.64. The molecule has 1 aromatic heterocycles. The molecule has 0 amide bonds. The maximum absolute atomic E-state index is 9.02. The van der Waals surface area contributed by atoms with Gasteiger partial charge in [-0.2, -0.15) is 10.4 Å². The van der Waals surface area contributed by atoms with E-state index < -0.39 is 0 Å². The van der Waals surface area contributed by atoms with E-state index in [-0.39, 0.29) is 6.10 Å². The Hall–Kier alpha value is -2.16. The minimum atomic E-state index is 0.260. The van der Waals surface area contributed by atoms with Gasteiger partial charge in [-0.15, -0.1) is 0 Å². The van der Waals surface area contributed by atoms with Gasteiger partial charge in [-0.1, -0.05) is 19.1 Å². The molecule has 1 aliphatic rings. The molecule has 25 heavy (non-hydrogen) atoms. The third-order valence-corrected chi connectivity index (χ3v) is 4.79. The quantitative estimate of drug-likeness (QED) is 0.779. The summed E-state index contributed by atoms with van der Waals surface area (Å²) in [5.74, 6) is 0. The fraction of sp³-hybridized carbons (Fsp3) is 0.500. The van der Waals surface area contributed by atoms with Crippen LogP contribution in [0.15, 0.2) is 36.7 Å². The number of hydrogen-bond acceptors (Lipinski definition) is 4. The van der Waals surface area contributed by atoms with Crippen LogP contribution in [0.4, 0.5) is 0 Å². The molecule has 0 spiro atoms. The summed E-state index contributed by atoms with van der Waals surface area (Å²) in [4.78, 5) is 2.42. The largest absolute Gasteiger partial charge is 0.373 e. The lowest BCUT2D eigenvalue weighted by Crippen LogP contribution is -2.32. The zero-order valence-electron chi connectivity index (χ0n) is 15.1. The van der Waals surface area contributed by atoms with E-state index in [0.717, 1.165) is 44.5 Å². The Morgan fingerprint density at radius 2 is 2.16 bits per heavy atom. The van der Waals surface area contributed by atoms with Crippen molar-refractivity contribution in [2.24, 2.45) is 7.05 Å². The molecule has 132 valence electrons. The van der Waals surface area contributed by atoms with E-state index in [4.69, 9.17) is 10.00 Å². The van der Waals surface area contributed by atoms with Crippen molar-refractivity contribution in [3.05, 3.63) is 53.3 Å². The summed E-state index contributed by atoms with van der Waals surface area (Å²) in [5.41, 5.74) is 3.15. The van der Waals surface area contributed by atoms with Gasteiger partial charge in [0.2, 0.25) is 0 Å². The lowest BCUT2D eigenvalue weighted by molar-refractivity contribution is 0.0227. The van der Waals surface area contributed by atoms with Crippen LogP contribution in [0.5, 0.6) is 0 Å². The first-order valence-electron chi connectivity index (χ1n) is 9.00. The second kappa shape index (κ2) is 8.28. The molecular formula is C20H26N4O. The van der Waals surface area contributed by atoms with Crippen molar-refractivity contribution >= 4 is 0 Å². The number of aromatic nitrogens is 2. The first-order valence-corrected chi connectivity index (χ1v) is 9.00. The van der Waals surface area contributed by atoms with Crippen LogP contribution in [0.2, 0.25) is 0 Å². The van der Waals surface area contributed by atoms with Crippen molar-refractivity contribution < 1.29 is 4.74 Å². The molecule has 0 saturated carbocycles. The molecule has 2 aromatic rings. The van der Waals surface area contributed by atoms with E-state index in [1.807, 2.05) is 36.1 Å². The van der Waals surface area contributed by atoms with Crippen molar-refractivity contribution in [3.8, 4) is 6.07 Å². The second-order valence-corrected chi connectivity index (χ2v) is 6.82. The molecule has 0 unspecified atom stereocenters. The molecule has 0 radical (unpaired) electrons. The van der Waals surface area contributed by atoms with Gasteiger partial charge in [-0.05, 0) is 43.5 Å². The van der Waals surface area contributed by atoms with Gasteiger partial charge in [0.25, 0.3) is 0 Å². The molecule has 1 saturated heterocycles. The fourth-order valence-electron chi connectivity index (χ4n) is 3.50. The number of nitriles is 1. The normalized spacial score (nSPS) is 20.1. The van der Waals surface area contributed by atoms with Gasteiger partial charge < -0.3 is 4.74 Å². The predicted octanol–water partition coefficient (Wildman–Crippen LogP) is 2.90.